The zero-order valence-electron chi connectivity index (χ0n) is 28.9. The summed E-state index contributed by atoms with van der Waals surface area (Å²) in [5, 5.41) is 30.9. The van der Waals surface area contributed by atoms with Gasteiger partial charge in [-0.1, -0.05) is 46.8 Å². The highest BCUT2D eigenvalue weighted by atomic mass is 16.8. The average molecular weight is 659 g/mol. The Morgan fingerprint density at radius 3 is 2.34 bits per heavy atom. The number of ether oxygens (including phenoxy) is 6. The summed E-state index contributed by atoms with van der Waals surface area (Å²) < 4.78 is 38.3. The van der Waals surface area contributed by atoms with Crippen LogP contribution < -0.4 is 0 Å². The number of hydrogen-bond acceptors (Lipinski definition) is 10. The van der Waals surface area contributed by atoms with Crippen LogP contribution in [0.25, 0.3) is 0 Å². The number of rotatable bonds is 3. The van der Waals surface area contributed by atoms with Crippen molar-refractivity contribution >= 4 is 5.97 Å². The maximum Gasteiger partial charge on any atom is 0.302 e. The van der Waals surface area contributed by atoms with Gasteiger partial charge in [-0.15, -0.1) is 0 Å². The van der Waals surface area contributed by atoms with Gasteiger partial charge in [-0.05, 0) is 84.4 Å². The molecule has 4 aliphatic heterocycles. The molecule has 4 saturated heterocycles. The fraction of sp³-hybridized carbons (Fsp3) is 0.919. The Morgan fingerprint density at radius 1 is 0.915 bits per heavy atom. The van der Waals surface area contributed by atoms with E-state index in [1.54, 1.807) is 6.92 Å². The molecule has 3 N–H and O–H groups in total. The number of carbonyl (C=O) groups excluding carboxylic acids is 1. The zero-order chi connectivity index (χ0) is 33.3. The number of carbonyl (C=O) groups is 1. The van der Waals surface area contributed by atoms with Crippen molar-refractivity contribution in [2.45, 2.75) is 147 Å². The summed E-state index contributed by atoms with van der Waals surface area (Å²) in [4.78, 5) is 12.9. The summed E-state index contributed by atoms with van der Waals surface area (Å²) in [6, 6.07) is 0. The molecule has 0 amide bonds. The number of epoxide rings is 1. The van der Waals surface area contributed by atoms with Gasteiger partial charge in [-0.3, -0.25) is 4.79 Å². The number of aliphatic hydroxyl groups excluding tert-OH is 3. The van der Waals surface area contributed by atoms with Crippen LogP contribution in [0.15, 0.2) is 12.2 Å². The third-order valence-electron chi connectivity index (χ3n) is 16.0. The van der Waals surface area contributed by atoms with Crippen LogP contribution in [-0.2, 0) is 33.2 Å². The van der Waals surface area contributed by atoms with Crippen LogP contribution in [0.2, 0.25) is 0 Å². The minimum atomic E-state index is -1.31. The summed E-state index contributed by atoms with van der Waals surface area (Å²) in [5.74, 6) is 0.187. The van der Waals surface area contributed by atoms with E-state index in [0.717, 1.165) is 38.5 Å². The Labute approximate surface area is 277 Å². The molecule has 18 atom stereocenters. The number of allylic oxidation sites excluding steroid dienone is 2. The van der Waals surface area contributed by atoms with Gasteiger partial charge in [0.2, 0.25) is 0 Å². The Balaban J connectivity index is 1.05. The van der Waals surface area contributed by atoms with E-state index in [0.29, 0.717) is 18.4 Å². The molecule has 47 heavy (non-hydrogen) atoms. The van der Waals surface area contributed by atoms with E-state index in [2.05, 4.69) is 53.7 Å². The van der Waals surface area contributed by atoms with E-state index in [9.17, 15) is 20.1 Å². The molecular weight excluding hydrogens is 604 g/mol. The highest BCUT2D eigenvalue weighted by molar-refractivity contribution is 5.66. The largest absolute Gasteiger partial charge is 0.462 e. The third-order valence-corrected chi connectivity index (χ3v) is 16.0. The molecule has 0 aromatic heterocycles. The van der Waals surface area contributed by atoms with Crippen LogP contribution in [0.1, 0.15) is 87.0 Å². The molecule has 5 aliphatic carbocycles. The smallest absolute Gasteiger partial charge is 0.302 e. The fourth-order valence-electron chi connectivity index (χ4n) is 13.8. The Morgan fingerprint density at radius 2 is 1.66 bits per heavy atom. The van der Waals surface area contributed by atoms with Gasteiger partial charge < -0.3 is 43.7 Å². The Bertz CT molecular complexity index is 1400. The summed E-state index contributed by atoms with van der Waals surface area (Å²) >= 11 is 0. The normalized spacial score (nSPS) is 62.4. The number of fused-ring (bicyclic) bond motifs is 6. The highest BCUT2D eigenvalue weighted by Crippen LogP contribution is 2.88. The second-order valence-corrected chi connectivity index (χ2v) is 18.5. The van der Waals surface area contributed by atoms with E-state index in [1.165, 1.54) is 0 Å². The second kappa shape index (κ2) is 9.40. The quantitative estimate of drug-likeness (QED) is 0.235. The molecule has 9 aliphatic rings. The van der Waals surface area contributed by atoms with Crippen LogP contribution in [0.4, 0.5) is 0 Å². The monoisotopic (exact) mass is 658 g/mol. The molecule has 0 unspecified atom stereocenters. The van der Waals surface area contributed by atoms with Crippen LogP contribution in [0.3, 0.4) is 0 Å². The van der Waals surface area contributed by atoms with Crippen molar-refractivity contribution < 1.29 is 48.5 Å². The highest BCUT2D eigenvalue weighted by Gasteiger charge is 2.85. The van der Waals surface area contributed by atoms with Crippen LogP contribution in [-0.4, -0.2) is 94.9 Å². The molecule has 0 bridgehead atoms. The van der Waals surface area contributed by atoms with Gasteiger partial charge in [0.1, 0.15) is 36.1 Å². The molecular formula is C37H54O10. The Hall–Kier alpha value is -1.11. The SMILES string of the molecule is CC(=O)O[C@@H]1C[C@@]23C[C@@]24CC[C@H](O[C@@H]2OC[C@@H](O)[C@H](O)[C@H]2O)C(C)(C)[C@@H]4C=C[C@H]3[C@]2(C)C[C@@H]3O[C@]4(C[C@@H](C)[C@@H]3[C@@]12C)OC[C@@]1(C)O[C@@H]41. The molecule has 4 heterocycles. The lowest BCUT2D eigenvalue weighted by molar-refractivity contribution is -0.308. The summed E-state index contributed by atoms with van der Waals surface area (Å²) in [5.41, 5.74) is -0.901. The zero-order valence-corrected chi connectivity index (χ0v) is 28.9. The maximum absolute atomic E-state index is 12.9. The van der Waals surface area contributed by atoms with Crippen LogP contribution in [0, 0.1) is 50.7 Å². The minimum absolute atomic E-state index is 0.000639. The molecule has 10 heteroatoms. The second-order valence-electron chi connectivity index (χ2n) is 18.5. The fourth-order valence-corrected chi connectivity index (χ4v) is 13.8. The summed E-state index contributed by atoms with van der Waals surface area (Å²) in [6.45, 7) is 15.9. The van der Waals surface area contributed by atoms with Gasteiger partial charge in [0.25, 0.3) is 0 Å². The predicted molar refractivity (Wildman–Crippen MR) is 166 cm³/mol. The lowest BCUT2D eigenvalue weighted by Crippen LogP contribution is -2.63. The van der Waals surface area contributed by atoms with E-state index >= 15 is 0 Å². The molecule has 0 aromatic rings. The number of hydrogen-bond donors (Lipinski definition) is 3. The van der Waals surface area contributed by atoms with E-state index in [-0.39, 0.29) is 81.5 Å². The molecule has 4 saturated carbocycles. The standard InChI is InChI=1S/C37H54O10/c1-18-12-37(30-33(6,47-30)17-43-37)46-21-13-32(5)23-9-8-22-31(3,4)24(45-29-28(41)27(40)20(39)15-42-29)10-11-35(22)16-36(23,35)14-25(44-19(2)38)34(32,7)26(18)21/h8-9,18,20-30,39-41H,10-17H2,1-7H3/t18-,20-,21+,22+,23+,24+,25-,26+,27+,28-,29+,30-,32+,33-,34-,35-,36+,37+/m1/s1. The van der Waals surface area contributed by atoms with E-state index in [4.69, 9.17) is 28.4 Å². The first kappa shape index (κ1) is 31.8. The van der Waals surface area contributed by atoms with Gasteiger partial charge in [0.15, 0.2) is 12.1 Å². The minimum Gasteiger partial charge on any atom is -0.462 e. The predicted octanol–water partition coefficient (Wildman–Crippen LogP) is 3.49. The first-order valence-electron chi connectivity index (χ1n) is 18.1. The average Bonchev–Trinajstić information content (AvgIpc) is 3.81. The molecule has 0 aromatic carbocycles. The van der Waals surface area contributed by atoms with Crippen molar-refractivity contribution in [2.24, 2.45) is 50.7 Å². The molecule has 3 spiro atoms. The van der Waals surface area contributed by atoms with E-state index in [1.807, 2.05) is 0 Å². The topological polar surface area (TPSA) is 136 Å². The van der Waals surface area contributed by atoms with Crippen molar-refractivity contribution in [2.75, 3.05) is 13.2 Å². The van der Waals surface area contributed by atoms with E-state index < -0.39 is 30.4 Å². The molecule has 9 rings (SSSR count). The van der Waals surface area contributed by atoms with Crippen molar-refractivity contribution in [1.82, 2.24) is 0 Å². The van der Waals surface area contributed by atoms with Gasteiger partial charge in [-0.25, -0.2) is 0 Å². The molecule has 262 valence electrons. The van der Waals surface area contributed by atoms with Crippen molar-refractivity contribution in [3.63, 3.8) is 0 Å². The lowest BCUT2D eigenvalue weighted by Gasteiger charge is -2.63. The first-order valence-corrected chi connectivity index (χ1v) is 18.1. The van der Waals surface area contributed by atoms with Gasteiger partial charge in [0.05, 0.1) is 25.4 Å². The summed E-state index contributed by atoms with van der Waals surface area (Å²) in [7, 11) is 0. The molecule has 8 fully saturated rings. The van der Waals surface area contributed by atoms with Crippen molar-refractivity contribution in [1.29, 1.82) is 0 Å². The third kappa shape index (κ3) is 3.73. The lowest BCUT2D eigenvalue weighted by atomic mass is 9.42. The van der Waals surface area contributed by atoms with Crippen molar-refractivity contribution in [3.05, 3.63) is 12.2 Å². The van der Waals surface area contributed by atoms with Crippen LogP contribution >= 0.6 is 0 Å². The van der Waals surface area contributed by atoms with Crippen molar-refractivity contribution in [3.8, 4) is 0 Å². The maximum atomic E-state index is 12.9. The number of esters is 1. The molecule has 0 radical (unpaired) electrons. The number of aliphatic hydroxyl groups is 3. The molecule has 10 nitrogen and oxygen atoms in total. The van der Waals surface area contributed by atoms with Crippen LogP contribution in [0.5, 0.6) is 0 Å². The van der Waals surface area contributed by atoms with Gasteiger partial charge >= 0.3 is 5.97 Å². The first-order chi connectivity index (χ1) is 22.0. The Kier molecular flexibility index (Phi) is 6.37. The summed E-state index contributed by atoms with van der Waals surface area (Å²) in [6.07, 6.45) is 5.18. The van der Waals surface area contributed by atoms with Gasteiger partial charge in [0, 0.05) is 18.8 Å². The van der Waals surface area contributed by atoms with Gasteiger partial charge in [-0.2, -0.15) is 0 Å².